The molecule has 21 N–H and O–H groups in total. The van der Waals surface area contributed by atoms with Crippen LogP contribution in [0.15, 0.2) is 146 Å². The van der Waals surface area contributed by atoms with Crippen molar-refractivity contribution in [2.45, 2.75) is 195 Å². The number of carbonyl (C=O) groups excluding carboxylic acids is 13. The minimum absolute atomic E-state index is 0.0236. The number of aliphatic hydroxyl groups is 1. The number of fused-ring (bicyclic) bond motifs is 2. The molecule has 0 unspecified atom stereocenters. The van der Waals surface area contributed by atoms with E-state index in [1.807, 2.05) is 48.5 Å². The number of nitrogens with one attached hydrogen (secondary N) is 14. The number of guanidine groups is 1. The lowest BCUT2D eigenvalue weighted by Gasteiger charge is -2.31. The molecule has 10 rings (SSSR count). The van der Waals surface area contributed by atoms with Crippen molar-refractivity contribution in [2.75, 3.05) is 57.1 Å². The van der Waals surface area contributed by atoms with Crippen molar-refractivity contribution < 1.29 is 72.2 Å². The number of amides is 15. The van der Waals surface area contributed by atoms with Crippen LogP contribution in [0.25, 0.3) is 10.8 Å². The molecule has 0 aromatic heterocycles. The summed E-state index contributed by atoms with van der Waals surface area (Å²) in [5.74, 6) is -8.59. The van der Waals surface area contributed by atoms with Crippen LogP contribution in [0.4, 0.5) is 15.3 Å². The number of morpholine rings is 1. The van der Waals surface area contributed by atoms with E-state index in [0.717, 1.165) is 34.9 Å². The Morgan fingerprint density at radius 2 is 1.06 bits per heavy atom. The highest BCUT2D eigenvalue weighted by Gasteiger charge is 2.44. The van der Waals surface area contributed by atoms with E-state index < -0.39 is 132 Å². The molecule has 0 saturated carbocycles. The van der Waals surface area contributed by atoms with E-state index in [1.54, 1.807) is 123 Å². The molecule has 4 aliphatic rings. The van der Waals surface area contributed by atoms with Crippen LogP contribution in [0.3, 0.4) is 0 Å². The van der Waals surface area contributed by atoms with Crippen LogP contribution in [-0.2, 0) is 96.1 Å². The highest BCUT2D eigenvalue weighted by atomic mass is 35.5. The summed E-state index contributed by atoms with van der Waals surface area (Å²) >= 11 is 8.08. The van der Waals surface area contributed by atoms with Crippen LogP contribution < -0.4 is 86.3 Å². The van der Waals surface area contributed by atoms with E-state index in [4.69, 9.17) is 38.9 Å². The van der Waals surface area contributed by atoms with Gasteiger partial charge in [-0.3, -0.25) is 63.0 Å². The Bertz CT molecular complexity index is 4720. The Morgan fingerprint density at radius 3 is 1.63 bits per heavy atom. The summed E-state index contributed by atoms with van der Waals surface area (Å²) < 4.78 is 5.58. The molecule has 0 bridgehead atoms. The van der Waals surface area contributed by atoms with E-state index >= 15 is 28.8 Å². The van der Waals surface area contributed by atoms with E-state index in [-0.39, 0.29) is 118 Å². The molecule has 4 saturated heterocycles. The second-order valence-corrected chi connectivity index (χ2v) is 33.9. The molecule has 6 aromatic rings. The third-order valence-corrected chi connectivity index (χ3v) is 23.9. The van der Waals surface area contributed by atoms with Gasteiger partial charge in [-0.2, -0.15) is 11.8 Å². The second kappa shape index (κ2) is 46.5. The van der Waals surface area contributed by atoms with Gasteiger partial charge in [-0.05, 0) is 126 Å². The van der Waals surface area contributed by atoms with Gasteiger partial charge in [0.1, 0.15) is 60.4 Å². The molecular formula is C88H114ClN19O15S. The molecule has 124 heavy (non-hydrogen) atoms. The first-order chi connectivity index (χ1) is 59.5. The molecular weight excluding hydrogens is 1630 g/mol. The number of aliphatic hydroxyl groups excluding tert-OH is 1. The van der Waals surface area contributed by atoms with Gasteiger partial charge in [-0.15, -0.1) is 0 Å². The number of hydrogen-bond donors (Lipinski definition) is 18. The van der Waals surface area contributed by atoms with Crippen LogP contribution in [0.2, 0.25) is 5.02 Å². The van der Waals surface area contributed by atoms with Crippen molar-refractivity contribution in [1.29, 1.82) is 5.41 Å². The number of nitrogens with two attached hydrogens (primary N) is 3. The summed E-state index contributed by atoms with van der Waals surface area (Å²) in [4.78, 5) is 188. The van der Waals surface area contributed by atoms with Gasteiger partial charge in [0.15, 0.2) is 5.96 Å². The number of halogens is 1. The quantitative estimate of drug-likeness (QED) is 0.0113. The largest absolute Gasteiger partial charge is 0.394 e. The van der Waals surface area contributed by atoms with Crippen molar-refractivity contribution in [3.63, 3.8) is 0 Å². The Hall–Kier alpha value is -11.9. The zero-order valence-electron chi connectivity index (χ0n) is 69.8. The van der Waals surface area contributed by atoms with Crippen LogP contribution in [0.1, 0.15) is 112 Å². The summed E-state index contributed by atoms with van der Waals surface area (Å²) in [6.07, 6.45) is 2.12. The fraction of sp³-hybridized carbons (Fsp3) is 0.455. The fourth-order valence-electron chi connectivity index (χ4n) is 15.5. The Kier molecular flexibility index (Phi) is 35.4. The van der Waals surface area contributed by atoms with Gasteiger partial charge in [0.2, 0.25) is 65.0 Å². The normalized spacial score (nSPS) is 18.3. The van der Waals surface area contributed by atoms with E-state index in [9.17, 15) is 38.7 Å². The molecule has 4 heterocycles. The predicted molar refractivity (Wildman–Crippen MR) is 469 cm³/mol. The molecule has 664 valence electrons. The summed E-state index contributed by atoms with van der Waals surface area (Å²) in [6.45, 7) is 7.22. The van der Waals surface area contributed by atoms with E-state index in [1.165, 1.54) is 11.8 Å². The Balaban J connectivity index is 0.921. The van der Waals surface area contributed by atoms with Crippen LogP contribution in [0, 0.1) is 11.3 Å². The number of nitrogens with zero attached hydrogens (tertiary/aromatic N) is 2. The van der Waals surface area contributed by atoms with Crippen molar-refractivity contribution in [3.05, 3.63) is 184 Å². The number of benzene rings is 6. The number of urea groups is 2. The number of hydrogen-bond acceptors (Lipinski definition) is 18. The maximum absolute atomic E-state index is 15.7. The topological polar surface area (TPSA) is 516 Å². The van der Waals surface area contributed by atoms with Gasteiger partial charge < -0.3 is 101 Å². The number of likely N-dealkylation sites (tertiary alicyclic amines) is 1. The summed E-state index contributed by atoms with van der Waals surface area (Å²) in [5.41, 5.74) is 20.7. The molecule has 4 aliphatic heterocycles. The van der Waals surface area contributed by atoms with Gasteiger partial charge in [0.05, 0.1) is 31.9 Å². The smallest absolute Gasteiger partial charge is 0.315 e. The fourth-order valence-corrected chi connectivity index (χ4v) is 17.2. The first-order valence-electron chi connectivity index (χ1n) is 42.0. The number of carbonyl (C=O) groups is 13. The molecule has 36 heteroatoms. The molecule has 0 aliphatic carbocycles. The molecule has 15 amide bonds. The lowest BCUT2D eigenvalue weighted by atomic mass is 9.99. The van der Waals surface area contributed by atoms with Crippen molar-refractivity contribution in [2.24, 2.45) is 23.1 Å². The molecule has 0 radical (unpaired) electrons. The monoisotopic (exact) mass is 1740 g/mol. The summed E-state index contributed by atoms with van der Waals surface area (Å²) in [6, 6.07) is 26.6. The number of rotatable bonds is 44. The van der Waals surface area contributed by atoms with Gasteiger partial charge >= 0.3 is 12.1 Å². The Labute approximate surface area is 729 Å². The SMILES string of the molecule is CC(C)C[C@H](NC(=O)[C@@H](Cc1ccc(NC(=O)CCCC[C@H]2SC[C@H]3NC(=O)N[C@H]32)cc1)NC(=O)[C@H](Cc1ccc(CN2CCOCC2)cc1)NC(=O)[C@H](CO)NC(=O)[C@@H](Cc1ccccc1)NC(=O)[C@@H](Cc1ccc(Cl)cc1)NC(=O)[C@@H](Cc1ccc2ccccc2c1)NC(N)=O)C(=O)N[C@@H](CCCNC(=N)N)C(=O)N1CCC[C@H]1C(=O)N[C@H](C)C(N)=O. The average molecular weight is 1750 g/mol. The van der Waals surface area contributed by atoms with Crippen LogP contribution in [0.5, 0.6) is 0 Å². The number of thioether (sulfide) groups is 1. The minimum atomic E-state index is -1.85. The van der Waals surface area contributed by atoms with Crippen molar-refractivity contribution in [3.8, 4) is 0 Å². The second-order valence-electron chi connectivity index (χ2n) is 32.2. The first kappa shape index (κ1) is 94.3. The third kappa shape index (κ3) is 28.8. The number of unbranched alkanes of at least 4 members (excludes halogenated alkanes) is 1. The third-order valence-electron chi connectivity index (χ3n) is 22.2. The van der Waals surface area contributed by atoms with Gasteiger partial charge in [0.25, 0.3) is 0 Å². The van der Waals surface area contributed by atoms with Gasteiger partial charge in [0, 0.05) is 93.0 Å². The van der Waals surface area contributed by atoms with Crippen LogP contribution in [-0.4, -0.2) is 227 Å². The first-order valence-corrected chi connectivity index (χ1v) is 43.4. The minimum Gasteiger partial charge on any atom is -0.394 e. The molecule has 6 aromatic carbocycles. The van der Waals surface area contributed by atoms with E-state index in [2.05, 4.69) is 74.0 Å². The highest BCUT2D eigenvalue weighted by molar-refractivity contribution is 8.00. The van der Waals surface area contributed by atoms with Crippen molar-refractivity contribution >= 4 is 123 Å². The predicted octanol–water partition coefficient (Wildman–Crippen LogP) is 2.22. The standard InChI is InChI=1S/C88H114ClN19O15S/c1-51(2)41-64(77(112)97-63(17-11-35-94-86(91)92)85(120)108-36-12-18-72(108)84(119)95-52(3)76(90)111)98-78(113)67(46-56-28-33-62(34-29-56)96-74(110)20-10-9-19-73-75-71(50-124-73)105-88(122)106-75)100-80(115)68(44-54-21-23-57(24-22-54)48-107-37-39-123-40-38-107)102-83(118)70(49-109)103-81(116)65(43-53-13-5-4-6-14-53)99-79(114)66(45-55-26-31-61(89)32-27-55)101-82(117)69(104-87(93)121)47-58-25-30-59-15-7-8-16-60(59)42-58/h4-8,13-16,21-34,42,51-52,63-73,75,109H,9-12,17-20,35-41,43-50H2,1-3H3,(H2,90,111)(H,95,119)(H,96,110)(H,97,112)(H,98,113)(H,99,114)(H,100,115)(H,101,117)(H,102,118)(H,103,116)(H4,91,92,94)(H3,93,104,121)(H2,105,106,122)/t52-,63+,64+,65-,66-,67-,68+,69-,70+,71-,72+,73-,75-/m1/s1. The number of primary amides is 2. The molecule has 0 spiro atoms. The van der Waals surface area contributed by atoms with Gasteiger partial charge in [-0.25, -0.2) is 9.59 Å². The zero-order chi connectivity index (χ0) is 88.9. The lowest BCUT2D eigenvalue weighted by Crippen LogP contribution is -2.62. The molecule has 34 nitrogen and oxygen atoms in total. The van der Waals surface area contributed by atoms with Crippen molar-refractivity contribution in [1.82, 2.24) is 73.6 Å². The maximum atomic E-state index is 15.7. The Morgan fingerprint density at radius 1 is 0.556 bits per heavy atom. The summed E-state index contributed by atoms with van der Waals surface area (Å²) in [5, 5.41) is 57.4. The molecule has 4 fully saturated rings. The number of ether oxygens (including phenoxy) is 1. The average Bonchev–Trinajstić information content (AvgIpc) is 1.61. The molecule has 13 atom stereocenters. The van der Waals surface area contributed by atoms with Gasteiger partial charge in [-0.1, -0.05) is 153 Å². The maximum Gasteiger partial charge on any atom is 0.315 e. The zero-order valence-corrected chi connectivity index (χ0v) is 71.4. The lowest BCUT2D eigenvalue weighted by molar-refractivity contribution is -0.142. The highest BCUT2D eigenvalue weighted by Crippen LogP contribution is 2.34. The summed E-state index contributed by atoms with van der Waals surface area (Å²) in [7, 11) is 0. The number of anilines is 1. The van der Waals surface area contributed by atoms with Crippen LogP contribution >= 0.6 is 23.4 Å². The van der Waals surface area contributed by atoms with E-state index in [0.29, 0.717) is 84.2 Å².